The maximum Gasteiger partial charge on any atom is 0.449 e. The van der Waals surface area contributed by atoms with Crippen LogP contribution in [-0.2, 0) is 17.5 Å². The van der Waals surface area contributed by atoms with Crippen molar-refractivity contribution in [2.75, 3.05) is 19.7 Å². The third-order valence-corrected chi connectivity index (χ3v) is 5.74. The Morgan fingerprint density at radius 3 is 2.45 bits per heavy atom. The van der Waals surface area contributed by atoms with Gasteiger partial charge in [0.1, 0.15) is 5.75 Å². The van der Waals surface area contributed by atoms with Crippen molar-refractivity contribution in [3.63, 3.8) is 0 Å². The summed E-state index contributed by atoms with van der Waals surface area (Å²) in [7, 11) is 0. The van der Waals surface area contributed by atoms with Crippen molar-refractivity contribution in [1.29, 1.82) is 0 Å². The van der Waals surface area contributed by atoms with Crippen molar-refractivity contribution in [3.8, 4) is 5.75 Å². The Bertz CT molecular complexity index is 1060. The number of ether oxygens (including phenoxy) is 1. The molecule has 1 aromatic heterocycles. The molecule has 0 unspecified atom stereocenters. The van der Waals surface area contributed by atoms with Gasteiger partial charge in [-0.3, -0.25) is 4.79 Å². The number of benzene rings is 2. The number of rotatable bonds is 5. The van der Waals surface area contributed by atoms with Crippen LogP contribution in [0.2, 0.25) is 5.02 Å². The molecule has 0 saturated carbocycles. The van der Waals surface area contributed by atoms with Crippen LogP contribution in [-0.4, -0.2) is 40.1 Å². The second-order valence-electron chi connectivity index (χ2n) is 7.60. The lowest BCUT2D eigenvalue weighted by atomic mass is 9.96. The van der Waals surface area contributed by atoms with Gasteiger partial charge < -0.3 is 14.2 Å². The second-order valence-corrected chi connectivity index (χ2v) is 8.04. The molecule has 3 aromatic rings. The van der Waals surface area contributed by atoms with Gasteiger partial charge in [-0.15, -0.1) is 0 Å². The number of aromatic nitrogens is 2. The largest absolute Gasteiger partial charge is 0.484 e. The van der Waals surface area contributed by atoms with Crippen molar-refractivity contribution < 1.29 is 22.7 Å². The normalized spacial score (nSPS) is 15.4. The van der Waals surface area contributed by atoms with Crippen molar-refractivity contribution in [1.82, 2.24) is 14.5 Å². The minimum atomic E-state index is -4.52. The fourth-order valence-corrected chi connectivity index (χ4v) is 3.99. The van der Waals surface area contributed by atoms with E-state index in [-0.39, 0.29) is 25.0 Å². The van der Waals surface area contributed by atoms with Gasteiger partial charge in [-0.2, -0.15) is 13.2 Å². The van der Waals surface area contributed by atoms with Gasteiger partial charge in [0.05, 0.1) is 11.0 Å². The summed E-state index contributed by atoms with van der Waals surface area (Å²) in [5, 5.41) is 0.583. The Morgan fingerprint density at radius 1 is 1.10 bits per heavy atom. The summed E-state index contributed by atoms with van der Waals surface area (Å²) in [5.74, 6) is -0.430. The Hall–Kier alpha value is -2.74. The Labute approximate surface area is 182 Å². The van der Waals surface area contributed by atoms with Crippen LogP contribution in [0, 0.1) is 5.92 Å². The zero-order valence-corrected chi connectivity index (χ0v) is 17.4. The first-order chi connectivity index (χ1) is 14.8. The molecule has 164 valence electrons. The molecule has 2 heterocycles. The van der Waals surface area contributed by atoms with E-state index in [2.05, 4.69) is 4.98 Å². The van der Waals surface area contributed by atoms with Crippen molar-refractivity contribution in [2.45, 2.75) is 25.6 Å². The van der Waals surface area contributed by atoms with Gasteiger partial charge >= 0.3 is 6.18 Å². The molecule has 31 heavy (non-hydrogen) atoms. The molecule has 0 N–H and O–H groups in total. The van der Waals surface area contributed by atoms with E-state index in [9.17, 15) is 18.0 Å². The van der Waals surface area contributed by atoms with Crippen molar-refractivity contribution >= 4 is 28.5 Å². The van der Waals surface area contributed by atoms with Crippen LogP contribution in [0.5, 0.6) is 5.75 Å². The lowest BCUT2D eigenvalue weighted by Gasteiger charge is -2.32. The third kappa shape index (κ3) is 4.95. The Balaban J connectivity index is 1.36. The maximum atomic E-state index is 13.5. The number of carbonyl (C=O) groups is 1. The van der Waals surface area contributed by atoms with E-state index in [1.807, 2.05) is 0 Å². The number of imidazole rings is 1. The summed E-state index contributed by atoms with van der Waals surface area (Å²) in [4.78, 5) is 17.9. The smallest absolute Gasteiger partial charge is 0.449 e. The predicted octanol–water partition coefficient (Wildman–Crippen LogP) is 5.03. The Morgan fingerprint density at radius 2 is 1.77 bits per heavy atom. The van der Waals surface area contributed by atoms with E-state index in [0.717, 1.165) is 0 Å². The molecule has 2 aromatic carbocycles. The highest BCUT2D eigenvalue weighted by molar-refractivity contribution is 6.30. The minimum absolute atomic E-state index is 0.0277. The molecular formula is C22H21ClF3N3O2. The Kier molecular flexibility index (Phi) is 6.09. The number of alkyl halides is 3. The number of nitrogens with zero attached hydrogens (tertiary/aromatic N) is 3. The number of fused-ring (bicyclic) bond motifs is 1. The topological polar surface area (TPSA) is 47.4 Å². The van der Waals surface area contributed by atoms with E-state index < -0.39 is 12.0 Å². The number of carbonyl (C=O) groups excluding carboxylic acids is 1. The summed E-state index contributed by atoms with van der Waals surface area (Å²) in [6.07, 6.45) is -3.28. The monoisotopic (exact) mass is 451 g/mol. The molecule has 0 spiro atoms. The number of amides is 1. The van der Waals surface area contributed by atoms with Crippen LogP contribution in [0.25, 0.3) is 11.0 Å². The lowest BCUT2D eigenvalue weighted by Crippen LogP contribution is -2.41. The average molecular weight is 452 g/mol. The zero-order valence-electron chi connectivity index (χ0n) is 16.6. The van der Waals surface area contributed by atoms with Gasteiger partial charge in [0.2, 0.25) is 5.82 Å². The fourth-order valence-electron chi connectivity index (χ4n) is 3.87. The number of piperidine rings is 1. The van der Waals surface area contributed by atoms with E-state index in [4.69, 9.17) is 16.3 Å². The van der Waals surface area contributed by atoms with Crippen LogP contribution in [0.1, 0.15) is 18.7 Å². The molecule has 5 nitrogen and oxygen atoms in total. The summed E-state index contributed by atoms with van der Waals surface area (Å²) in [6.45, 7) is 1.11. The SMILES string of the molecule is O=C(COc1ccc(Cl)cc1)N1CCC(Cn2c(C(F)(F)F)nc3ccccc32)CC1. The summed E-state index contributed by atoms with van der Waals surface area (Å²) in [5.41, 5.74) is 0.812. The van der Waals surface area contributed by atoms with Gasteiger partial charge in [-0.05, 0) is 55.2 Å². The molecule has 1 aliphatic rings. The molecule has 0 aliphatic carbocycles. The molecule has 0 bridgehead atoms. The molecule has 4 rings (SSSR count). The van der Waals surface area contributed by atoms with Crippen LogP contribution in [0.15, 0.2) is 48.5 Å². The first kappa shape index (κ1) is 21.5. The van der Waals surface area contributed by atoms with Gasteiger partial charge in [-0.25, -0.2) is 4.98 Å². The van der Waals surface area contributed by atoms with Gasteiger partial charge in [0.15, 0.2) is 6.61 Å². The van der Waals surface area contributed by atoms with Crippen LogP contribution < -0.4 is 4.74 Å². The summed E-state index contributed by atoms with van der Waals surface area (Å²) in [6, 6.07) is 13.4. The lowest BCUT2D eigenvalue weighted by molar-refractivity contribution is -0.147. The van der Waals surface area contributed by atoms with E-state index in [1.165, 1.54) is 4.57 Å². The number of hydrogen-bond donors (Lipinski definition) is 0. The first-order valence-corrected chi connectivity index (χ1v) is 10.4. The van der Waals surface area contributed by atoms with E-state index in [1.54, 1.807) is 53.4 Å². The van der Waals surface area contributed by atoms with E-state index >= 15 is 0 Å². The second kappa shape index (κ2) is 8.78. The van der Waals surface area contributed by atoms with Gasteiger partial charge in [0.25, 0.3) is 5.91 Å². The molecule has 0 atom stereocenters. The fraction of sp³-hybridized carbons (Fsp3) is 0.364. The highest BCUT2D eigenvalue weighted by Crippen LogP contribution is 2.33. The summed E-state index contributed by atoms with van der Waals surface area (Å²) >= 11 is 5.83. The van der Waals surface area contributed by atoms with Crippen molar-refractivity contribution in [3.05, 3.63) is 59.4 Å². The van der Waals surface area contributed by atoms with Crippen LogP contribution in [0.4, 0.5) is 13.2 Å². The van der Waals surface area contributed by atoms with Crippen molar-refractivity contribution in [2.24, 2.45) is 5.92 Å². The summed E-state index contributed by atoms with van der Waals surface area (Å²) < 4.78 is 47.3. The molecule has 0 radical (unpaired) electrons. The highest BCUT2D eigenvalue weighted by atomic mass is 35.5. The quantitative estimate of drug-likeness (QED) is 0.547. The van der Waals surface area contributed by atoms with Crippen LogP contribution >= 0.6 is 11.6 Å². The predicted molar refractivity (Wildman–Crippen MR) is 111 cm³/mol. The highest BCUT2D eigenvalue weighted by Gasteiger charge is 2.38. The van der Waals surface area contributed by atoms with Gasteiger partial charge in [-0.1, -0.05) is 23.7 Å². The molecule has 1 saturated heterocycles. The number of likely N-dealkylation sites (tertiary alicyclic amines) is 1. The number of halogens is 4. The standard InChI is InChI=1S/C22H21ClF3N3O2/c23-16-5-7-17(8-6-16)31-14-20(30)28-11-9-15(10-12-28)13-29-19-4-2-1-3-18(19)27-21(29)22(24,25)26/h1-8,15H,9-14H2. The molecule has 1 amide bonds. The average Bonchev–Trinajstić information content (AvgIpc) is 3.13. The first-order valence-electron chi connectivity index (χ1n) is 10.00. The third-order valence-electron chi connectivity index (χ3n) is 5.49. The zero-order chi connectivity index (χ0) is 22.0. The number of para-hydroxylation sites is 2. The van der Waals surface area contributed by atoms with Crippen LogP contribution in [0.3, 0.4) is 0 Å². The maximum absolute atomic E-state index is 13.5. The van der Waals surface area contributed by atoms with E-state index in [0.29, 0.717) is 47.7 Å². The molecule has 1 fully saturated rings. The number of hydrogen-bond acceptors (Lipinski definition) is 3. The molecule has 9 heteroatoms. The molecule has 1 aliphatic heterocycles. The molecular weight excluding hydrogens is 431 g/mol. The van der Waals surface area contributed by atoms with Gasteiger partial charge in [0, 0.05) is 24.7 Å². The minimum Gasteiger partial charge on any atom is -0.484 e.